The Morgan fingerprint density at radius 1 is 1.27 bits per heavy atom. The lowest BCUT2D eigenvalue weighted by atomic mass is 9.99. The van der Waals surface area contributed by atoms with E-state index in [1.807, 2.05) is 13.8 Å². The van der Waals surface area contributed by atoms with Crippen LogP contribution in [0.15, 0.2) is 18.3 Å². The van der Waals surface area contributed by atoms with E-state index < -0.39 is 0 Å². The predicted octanol–water partition coefficient (Wildman–Crippen LogP) is 3.51. The number of ether oxygens (including phenoxy) is 2. The average molecular weight is 319 g/mol. The van der Waals surface area contributed by atoms with Crippen LogP contribution in [0.4, 0.5) is 5.95 Å². The van der Waals surface area contributed by atoms with Gasteiger partial charge in [0.2, 0.25) is 5.95 Å². The van der Waals surface area contributed by atoms with Crippen molar-refractivity contribution in [2.75, 3.05) is 12.8 Å². The van der Waals surface area contributed by atoms with Gasteiger partial charge in [0, 0.05) is 11.6 Å². The lowest BCUT2D eigenvalue weighted by Gasteiger charge is -2.16. The molecule has 22 heavy (non-hydrogen) atoms. The summed E-state index contributed by atoms with van der Waals surface area (Å²) in [4.78, 5) is 7.69. The highest BCUT2D eigenvalue weighted by Gasteiger charge is 2.16. The molecule has 0 radical (unpaired) electrons. The molecular weight excluding hydrogens is 304 g/mol. The summed E-state index contributed by atoms with van der Waals surface area (Å²) in [7, 11) is 1.52. The topological polar surface area (TPSA) is 94.1 Å². The summed E-state index contributed by atoms with van der Waals surface area (Å²) in [6.07, 6.45) is 1.39. The molecule has 1 aromatic carbocycles. The molecule has 7 heteroatoms. The number of aromatic nitrogens is 2. The molecule has 0 unspecified atom stereocenters. The highest BCUT2D eigenvalue weighted by atomic mass is 35.5. The third-order valence-corrected chi connectivity index (χ3v) is 3.30. The van der Waals surface area contributed by atoms with Crippen LogP contribution in [-0.2, 0) is 0 Å². The van der Waals surface area contributed by atoms with Crippen LogP contribution in [0.25, 0.3) is 0 Å². The van der Waals surface area contributed by atoms with E-state index >= 15 is 0 Å². The number of benzene rings is 1. The van der Waals surface area contributed by atoms with E-state index in [1.54, 1.807) is 12.1 Å². The minimum Gasteiger partial charge on any atom is -0.495 e. The van der Waals surface area contributed by atoms with Gasteiger partial charge in [-0.3, -0.25) is 0 Å². The lowest BCUT2D eigenvalue weighted by Crippen LogP contribution is -2.00. The lowest BCUT2D eigenvalue weighted by molar-refractivity contribution is 0.409. The van der Waals surface area contributed by atoms with E-state index in [9.17, 15) is 5.26 Å². The summed E-state index contributed by atoms with van der Waals surface area (Å²) >= 11 is 6.00. The first-order chi connectivity index (χ1) is 10.5. The second-order valence-electron chi connectivity index (χ2n) is 4.84. The fourth-order valence-electron chi connectivity index (χ4n) is 1.92. The molecule has 0 aliphatic carbocycles. The molecule has 0 aliphatic heterocycles. The van der Waals surface area contributed by atoms with Gasteiger partial charge < -0.3 is 15.2 Å². The number of methoxy groups -OCH3 is 1. The van der Waals surface area contributed by atoms with Gasteiger partial charge >= 0.3 is 0 Å². The number of hydrogen-bond acceptors (Lipinski definition) is 6. The van der Waals surface area contributed by atoms with Crippen LogP contribution in [0.1, 0.15) is 30.9 Å². The second kappa shape index (κ2) is 6.50. The molecule has 2 N–H and O–H groups in total. The van der Waals surface area contributed by atoms with Crippen LogP contribution < -0.4 is 15.2 Å². The number of nitriles is 1. The van der Waals surface area contributed by atoms with Crippen molar-refractivity contribution in [2.45, 2.75) is 19.8 Å². The van der Waals surface area contributed by atoms with Gasteiger partial charge in [0.25, 0.3) is 0 Å². The molecule has 2 aromatic rings. The van der Waals surface area contributed by atoms with Crippen molar-refractivity contribution >= 4 is 17.5 Å². The Hall–Kier alpha value is -2.52. The summed E-state index contributed by atoms with van der Waals surface area (Å²) in [6.45, 7) is 4.02. The molecule has 6 nitrogen and oxygen atoms in total. The molecule has 2 rings (SSSR count). The maximum absolute atomic E-state index is 9.21. The Morgan fingerprint density at radius 2 is 2.00 bits per heavy atom. The van der Waals surface area contributed by atoms with Gasteiger partial charge in [-0.05, 0) is 12.0 Å². The molecule has 0 aliphatic rings. The zero-order valence-electron chi connectivity index (χ0n) is 12.4. The van der Waals surface area contributed by atoms with E-state index in [-0.39, 0.29) is 22.8 Å². The quantitative estimate of drug-likeness (QED) is 0.867. The van der Waals surface area contributed by atoms with Gasteiger partial charge in [-0.1, -0.05) is 25.4 Å². The molecule has 0 spiro atoms. The molecule has 0 amide bonds. The number of halogens is 1. The summed E-state index contributed by atoms with van der Waals surface area (Å²) in [5.74, 6) is 1.49. The van der Waals surface area contributed by atoms with E-state index in [4.69, 9.17) is 26.8 Å². The zero-order chi connectivity index (χ0) is 16.3. The van der Waals surface area contributed by atoms with Crippen LogP contribution in [0, 0.1) is 11.3 Å². The molecule has 114 valence electrons. The maximum atomic E-state index is 9.21. The minimum absolute atomic E-state index is 0.0638. The minimum atomic E-state index is 0.0638. The van der Waals surface area contributed by atoms with Gasteiger partial charge in [0.15, 0.2) is 10.9 Å². The first-order valence-electron chi connectivity index (χ1n) is 6.54. The summed E-state index contributed by atoms with van der Waals surface area (Å²) in [5, 5.41) is 9.32. The van der Waals surface area contributed by atoms with E-state index in [0.717, 1.165) is 5.56 Å². The van der Waals surface area contributed by atoms with Gasteiger partial charge in [-0.25, -0.2) is 4.98 Å². The van der Waals surface area contributed by atoms with E-state index in [1.165, 1.54) is 13.3 Å². The smallest absolute Gasteiger partial charge is 0.221 e. The fourth-order valence-corrected chi connectivity index (χ4v) is 2.09. The molecule has 0 saturated carbocycles. The highest BCUT2D eigenvalue weighted by Crippen LogP contribution is 2.37. The zero-order valence-corrected chi connectivity index (χ0v) is 13.2. The van der Waals surface area contributed by atoms with Crippen molar-refractivity contribution in [3.8, 4) is 23.3 Å². The molecule has 0 atom stereocenters. The van der Waals surface area contributed by atoms with Crippen molar-refractivity contribution in [3.63, 3.8) is 0 Å². The Labute approximate surface area is 133 Å². The van der Waals surface area contributed by atoms with Crippen LogP contribution >= 0.6 is 11.6 Å². The van der Waals surface area contributed by atoms with Gasteiger partial charge in [-0.15, -0.1) is 0 Å². The van der Waals surface area contributed by atoms with Crippen LogP contribution in [0.5, 0.6) is 17.2 Å². The maximum Gasteiger partial charge on any atom is 0.221 e. The SMILES string of the molecule is COc1cc(C(C)C)c(Oc2cnc(N)nc2Cl)cc1C#N. The Kier molecular flexibility index (Phi) is 4.68. The molecule has 0 saturated heterocycles. The summed E-state index contributed by atoms with van der Waals surface area (Å²) in [6, 6.07) is 5.47. The number of rotatable bonds is 4. The van der Waals surface area contributed by atoms with Gasteiger partial charge in [-0.2, -0.15) is 10.2 Å². The van der Waals surface area contributed by atoms with Crippen LogP contribution in [0.2, 0.25) is 5.15 Å². The third-order valence-electron chi connectivity index (χ3n) is 3.02. The number of nitrogens with zero attached hydrogens (tertiary/aromatic N) is 3. The Balaban J connectivity index is 2.51. The molecular formula is C15H15ClN4O2. The normalized spacial score (nSPS) is 10.4. The third kappa shape index (κ3) is 3.21. The van der Waals surface area contributed by atoms with Gasteiger partial charge in [0.1, 0.15) is 17.6 Å². The highest BCUT2D eigenvalue weighted by molar-refractivity contribution is 6.30. The summed E-state index contributed by atoms with van der Waals surface area (Å²) < 4.78 is 11.0. The van der Waals surface area contributed by atoms with Crippen LogP contribution in [-0.4, -0.2) is 17.1 Å². The molecule has 0 fully saturated rings. The fraction of sp³-hybridized carbons (Fsp3) is 0.267. The Bertz CT molecular complexity index is 741. The first kappa shape index (κ1) is 15.9. The van der Waals surface area contributed by atoms with E-state index in [2.05, 4.69) is 16.0 Å². The van der Waals surface area contributed by atoms with Crippen molar-refractivity contribution in [2.24, 2.45) is 0 Å². The number of hydrogen-bond donors (Lipinski definition) is 1. The van der Waals surface area contributed by atoms with Crippen LogP contribution in [0.3, 0.4) is 0 Å². The number of nitrogens with two attached hydrogens (primary N) is 1. The summed E-state index contributed by atoms with van der Waals surface area (Å²) in [5.41, 5.74) is 6.71. The largest absolute Gasteiger partial charge is 0.495 e. The standard InChI is InChI=1S/C15H15ClN4O2/c1-8(2)10-5-11(21-3)9(6-17)4-12(10)22-13-7-19-15(18)20-14(13)16/h4-5,7-8H,1-3H3,(H2,18,19,20). The molecule has 1 aromatic heterocycles. The molecule has 1 heterocycles. The monoisotopic (exact) mass is 318 g/mol. The van der Waals surface area contributed by atoms with Crippen molar-refractivity contribution < 1.29 is 9.47 Å². The number of anilines is 1. The predicted molar refractivity (Wildman–Crippen MR) is 83.3 cm³/mol. The number of nitrogen functional groups attached to an aromatic ring is 1. The average Bonchev–Trinajstić information content (AvgIpc) is 2.49. The molecule has 0 bridgehead atoms. The Morgan fingerprint density at radius 3 is 2.55 bits per heavy atom. The van der Waals surface area contributed by atoms with Gasteiger partial charge in [0.05, 0.1) is 18.9 Å². The second-order valence-corrected chi connectivity index (χ2v) is 5.20. The van der Waals surface area contributed by atoms with Crippen molar-refractivity contribution in [1.29, 1.82) is 5.26 Å². The van der Waals surface area contributed by atoms with Crippen molar-refractivity contribution in [1.82, 2.24) is 9.97 Å². The van der Waals surface area contributed by atoms with Crippen molar-refractivity contribution in [3.05, 3.63) is 34.6 Å². The first-order valence-corrected chi connectivity index (χ1v) is 6.92. The van der Waals surface area contributed by atoms with E-state index in [0.29, 0.717) is 17.1 Å².